The number of sulfonamides is 3. The number of sulfone groups is 1. The second-order valence-corrected chi connectivity index (χ2v) is 14.2. The molecule has 0 fully saturated rings. The van der Waals surface area contributed by atoms with Crippen LogP contribution in [0.15, 0.2) is 85.1 Å². The first kappa shape index (κ1) is 24.3. The Morgan fingerprint density at radius 2 is 1.24 bits per heavy atom. The van der Waals surface area contributed by atoms with E-state index in [1.807, 2.05) is 0 Å². The van der Waals surface area contributed by atoms with Crippen molar-refractivity contribution in [2.24, 2.45) is 5.14 Å². The van der Waals surface area contributed by atoms with Crippen molar-refractivity contribution in [2.75, 3.05) is 11.8 Å². The number of hydrogen-bond donors (Lipinski definition) is 3. The van der Waals surface area contributed by atoms with Gasteiger partial charge in [-0.1, -0.05) is 12.1 Å². The Morgan fingerprint density at radius 1 is 0.735 bits per heavy atom. The Labute approximate surface area is 196 Å². The summed E-state index contributed by atoms with van der Waals surface area (Å²) in [4.78, 5) is -1.38. The van der Waals surface area contributed by atoms with Gasteiger partial charge in [0.2, 0.25) is 29.9 Å². The van der Waals surface area contributed by atoms with Crippen molar-refractivity contribution in [1.29, 1.82) is 0 Å². The van der Waals surface area contributed by atoms with Gasteiger partial charge >= 0.3 is 0 Å². The van der Waals surface area contributed by atoms with Crippen molar-refractivity contribution >= 4 is 45.6 Å². The molecule has 4 N–H and O–H groups in total. The van der Waals surface area contributed by atoms with Crippen molar-refractivity contribution in [3.8, 4) is 11.1 Å². The predicted molar refractivity (Wildman–Crippen MR) is 122 cm³/mol. The van der Waals surface area contributed by atoms with Crippen LogP contribution >= 0.6 is 0 Å². The minimum absolute atomic E-state index is 0.00856. The van der Waals surface area contributed by atoms with Crippen LogP contribution in [-0.4, -0.2) is 40.7 Å². The van der Waals surface area contributed by atoms with E-state index in [4.69, 9.17) is 5.14 Å². The fourth-order valence-corrected chi connectivity index (χ4v) is 7.75. The molecule has 15 heteroatoms. The molecule has 180 valence electrons. The number of para-hydroxylation sites is 1. The van der Waals surface area contributed by atoms with E-state index < -0.39 is 44.8 Å². The van der Waals surface area contributed by atoms with Gasteiger partial charge in [-0.2, -0.15) is 0 Å². The van der Waals surface area contributed by atoms with Gasteiger partial charge in [0.25, 0.3) is 10.0 Å². The number of benzene rings is 3. The van der Waals surface area contributed by atoms with Gasteiger partial charge in [-0.05, 0) is 55.6 Å². The van der Waals surface area contributed by atoms with E-state index in [1.54, 1.807) is 0 Å². The average molecular weight is 544 g/mol. The lowest BCUT2D eigenvalue weighted by molar-refractivity contribution is 0.587. The highest BCUT2D eigenvalue weighted by Crippen LogP contribution is 2.45. The van der Waals surface area contributed by atoms with Crippen LogP contribution in [0.25, 0.3) is 11.1 Å². The van der Waals surface area contributed by atoms with Gasteiger partial charge in [-0.15, -0.1) is 0 Å². The Hall–Kier alpha value is -2.82. The molecule has 0 saturated carbocycles. The van der Waals surface area contributed by atoms with Gasteiger partial charge in [0.15, 0.2) is 0 Å². The lowest BCUT2D eigenvalue weighted by Gasteiger charge is -2.12. The number of nitrogens with two attached hydrogens (primary N) is 1. The molecular formula is C19H17N3O8S4. The SMILES string of the molecule is CNS(=O)(=O)c1ccc2c(c1)-c1cc(S(=O)(=O)Nc3ccccc3S(N)(=O)=O)ccc1S2(=O)=O. The van der Waals surface area contributed by atoms with Crippen LogP contribution in [0, 0.1) is 0 Å². The maximum Gasteiger partial charge on any atom is 0.261 e. The fraction of sp³-hybridized carbons (Fsp3) is 0.0526. The molecule has 1 aliphatic heterocycles. The molecule has 0 atom stereocenters. The number of primary sulfonamides is 1. The molecule has 0 spiro atoms. The Morgan fingerprint density at radius 3 is 1.74 bits per heavy atom. The van der Waals surface area contributed by atoms with E-state index in [0.29, 0.717) is 0 Å². The third kappa shape index (κ3) is 3.99. The third-order valence-corrected chi connectivity index (χ3v) is 10.7. The molecule has 0 aliphatic carbocycles. The van der Waals surface area contributed by atoms with Gasteiger partial charge in [0, 0.05) is 11.1 Å². The topological polar surface area (TPSA) is 187 Å². The van der Waals surface area contributed by atoms with Crippen molar-refractivity contribution in [3.05, 3.63) is 60.7 Å². The number of hydrogen-bond acceptors (Lipinski definition) is 8. The second kappa shape index (κ2) is 7.86. The van der Waals surface area contributed by atoms with Crippen molar-refractivity contribution in [3.63, 3.8) is 0 Å². The molecule has 34 heavy (non-hydrogen) atoms. The third-order valence-electron chi connectivity index (χ3n) is 5.10. The smallest absolute Gasteiger partial charge is 0.261 e. The summed E-state index contributed by atoms with van der Waals surface area (Å²) in [5.74, 6) is 0. The van der Waals surface area contributed by atoms with Crippen LogP contribution in [-0.2, 0) is 39.9 Å². The molecule has 0 bridgehead atoms. The molecule has 0 saturated heterocycles. The first-order valence-corrected chi connectivity index (χ1v) is 15.3. The highest BCUT2D eigenvalue weighted by Gasteiger charge is 2.35. The first-order chi connectivity index (χ1) is 15.7. The van der Waals surface area contributed by atoms with Crippen LogP contribution in [0.1, 0.15) is 0 Å². The Balaban J connectivity index is 1.87. The number of anilines is 1. The van der Waals surface area contributed by atoms with E-state index in [0.717, 1.165) is 42.5 Å². The van der Waals surface area contributed by atoms with Crippen molar-refractivity contribution < 1.29 is 33.7 Å². The van der Waals surface area contributed by atoms with Crippen LogP contribution in [0.2, 0.25) is 0 Å². The predicted octanol–water partition coefficient (Wildman–Crippen LogP) is 0.856. The molecule has 4 rings (SSSR count). The highest BCUT2D eigenvalue weighted by molar-refractivity contribution is 7.93. The molecular weight excluding hydrogens is 526 g/mol. The zero-order valence-electron chi connectivity index (χ0n) is 17.2. The fourth-order valence-electron chi connectivity index (χ4n) is 3.48. The molecule has 0 aromatic heterocycles. The maximum atomic E-state index is 13.0. The quantitative estimate of drug-likeness (QED) is 0.319. The monoisotopic (exact) mass is 543 g/mol. The summed E-state index contributed by atoms with van der Waals surface area (Å²) in [6, 6.07) is 11.8. The largest absolute Gasteiger partial charge is 0.278 e. The van der Waals surface area contributed by atoms with Crippen LogP contribution in [0.4, 0.5) is 5.69 Å². The molecule has 1 aliphatic rings. The molecule has 1 heterocycles. The summed E-state index contributed by atoms with van der Waals surface area (Å²) in [5.41, 5.74) is -0.278. The van der Waals surface area contributed by atoms with Gasteiger partial charge < -0.3 is 0 Å². The van der Waals surface area contributed by atoms with E-state index in [9.17, 15) is 33.7 Å². The van der Waals surface area contributed by atoms with Crippen molar-refractivity contribution in [2.45, 2.75) is 24.5 Å². The standard InChI is InChI=1S/C19H17N3O8S4/c1-21-33(27,28)12-6-8-17-14(10-12)15-11-13(7-9-18(15)31(17,23)24)34(29,30)22-16-4-2-3-5-19(16)32(20,25)26/h2-11,21-22H,1H3,(H2,20,25,26). The summed E-state index contributed by atoms with van der Waals surface area (Å²) in [7, 11) is -15.4. The number of rotatable bonds is 6. The van der Waals surface area contributed by atoms with E-state index in [-0.39, 0.29) is 36.4 Å². The lowest BCUT2D eigenvalue weighted by atomic mass is 10.1. The van der Waals surface area contributed by atoms with E-state index in [2.05, 4.69) is 9.44 Å². The van der Waals surface area contributed by atoms with Gasteiger partial charge in [-0.3, -0.25) is 4.72 Å². The van der Waals surface area contributed by atoms with E-state index in [1.165, 1.54) is 25.2 Å². The number of fused-ring (bicyclic) bond motifs is 3. The van der Waals surface area contributed by atoms with Crippen LogP contribution in [0.5, 0.6) is 0 Å². The molecule has 11 nitrogen and oxygen atoms in total. The average Bonchev–Trinajstić information content (AvgIpc) is 2.99. The highest BCUT2D eigenvalue weighted by atomic mass is 32.2. The van der Waals surface area contributed by atoms with E-state index >= 15 is 0 Å². The van der Waals surface area contributed by atoms with Crippen LogP contribution < -0.4 is 14.6 Å². The Kier molecular flexibility index (Phi) is 5.62. The maximum absolute atomic E-state index is 13.0. The molecule has 3 aromatic carbocycles. The lowest BCUT2D eigenvalue weighted by Crippen LogP contribution is -2.19. The van der Waals surface area contributed by atoms with Crippen LogP contribution in [0.3, 0.4) is 0 Å². The zero-order valence-corrected chi connectivity index (χ0v) is 20.5. The summed E-state index contributed by atoms with van der Waals surface area (Å²) in [6.07, 6.45) is 0. The summed E-state index contributed by atoms with van der Waals surface area (Å²) >= 11 is 0. The minimum atomic E-state index is -4.40. The minimum Gasteiger partial charge on any atom is -0.278 e. The summed E-state index contributed by atoms with van der Waals surface area (Å²) in [6.45, 7) is 0. The summed E-state index contributed by atoms with van der Waals surface area (Å²) < 4.78 is 104. The van der Waals surface area contributed by atoms with Crippen molar-refractivity contribution in [1.82, 2.24) is 4.72 Å². The number of nitrogens with one attached hydrogen (secondary N) is 2. The first-order valence-electron chi connectivity index (χ1n) is 9.30. The molecule has 0 radical (unpaired) electrons. The molecule has 0 unspecified atom stereocenters. The second-order valence-electron chi connectivity index (χ2n) is 7.17. The summed E-state index contributed by atoms with van der Waals surface area (Å²) in [5, 5.41) is 5.15. The molecule has 3 aromatic rings. The normalized spacial score (nSPS) is 14.9. The zero-order chi connectivity index (χ0) is 25.1. The van der Waals surface area contributed by atoms with Gasteiger partial charge in [0.1, 0.15) is 4.90 Å². The molecule has 0 amide bonds. The Bertz CT molecular complexity index is 1780. The van der Waals surface area contributed by atoms with Gasteiger partial charge in [-0.25, -0.2) is 43.5 Å². The van der Waals surface area contributed by atoms with Gasteiger partial charge in [0.05, 0.1) is 25.3 Å².